The second-order valence-electron chi connectivity index (χ2n) is 7.18. The van der Waals surface area contributed by atoms with Gasteiger partial charge in [-0.1, -0.05) is 60.7 Å². The second kappa shape index (κ2) is 10.8. The molecule has 1 aliphatic heterocycles. The summed E-state index contributed by atoms with van der Waals surface area (Å²) in [5.74, 6) is -0.670. The molecule has 30 heavy (non-hydrogen) atoms. The van der Waals surface area contributed by atoms with E-state index in [1.807, 2.05) is 17.0 Å². The number of methoxy groups -OCH3 is 1. The molecular weight excluding hydrogens is 398 g/mol. The Morgan fingerprint density at radius 2 is 1.47 bits per heavy atom. The zero-order chi connectivity index (χ0) is 21.3. The second-order valence-corrected chi connectivity index (χ2v) is 7.56. The molecule has 1 N–H and O–H groups in total. The van der Waals surface area contributed by atoms with Crippen molar-refractivity contribution < 1.29 is 14.3 Å². The van der Waals surface area contributed by atoms with Crippen LogP contribution in [-0.2, 0) is 14.3 Å². The average Bonchev–Trinajstić information content (AvgIpc) is 2.79. The maximum absolute atomic E-state index is 12.0. The smallest absolute Gasteiger partial charge is 0.306 e. The number of thiocarbonyl (C=S) groups is 1. The number of rotatable bonds is 6. The summed E-state index contributed by atoms with van der Waals surface area (Å²) in [5.41, 5.74) is 2.52. The summed E-state index contributed by atoms with van der Waals surface area (Å²) in [4.78, 5) is 27.7. The minimum absolute atomic E-state index is 0.0502. The summed E-state index contributed by atoms with van der Waals surface area (Å²) in [6, 6.07) is 21.2. The fourth-order valence-corrected chi connectivity index (χ4v) is 3.94. The highest BCUT2D eigenvalue weighted by Crippen LogP contribution is 2.29. The van der Waals surface area contributed by atoms with Crippen LogP contribution in [0.3, 0.4) is 0 Å². The van der Waals surface area contributed by atoms with Gasteiger partial charge in [0.1, 0.15) is 0 Å². The van der Waals surface area contributed by atoms with Crippen molar-refractivity contribution in [3.63, 3.8) is 0 Å². The van der Waals surface area contributed by atoms with Crippen molar-refractivity contribution >= 4 is 29.2 Å². The molecule has 7 heteroatoms. The summed E-state index contributed by atoms with van der Waals surface area (Å²) in [6.45, 7) is 3.11. The number of nitrogens with one attached hydrogen (secondary N) is 1. The van der Waals surface area contributed by atoms with Gasteiger partial charge in [0.15, 0.2) is 5.11 Å². The molecule has 1 heterocycles. The van der Waals surface area contributed by atoms with E-state index >= 15 is 0 Å². The molecule has 1 fully saturated rings. The fourth-order valence-electron chi connectivity index (χ4n) is 3.65. The predicted molar refractivity (Wildman–Crippen MR) is 120 cm³/mol. The first-order valence-corrected chi connectivity index (χ1v) is 10.5. The largest absolute Gasteiger partial charge is 0.469 e. The van der Waals surface area contributed by atoms with Crippen molar-refractivity contribution in [2.75, 3.05) is 33.3 Å². The molecule has 0 aromatic heterocycles. The minimum Gasteiger partial charge on any atom is -0.469 e. The molecular formula is C23H27N3O3S. The van der Waals surface area contributed by atoms with Gasteiger partial charge in [-0.15, -0.1) is 0 Å². The predicted octanol–water partition coefficient (Wildman–Crippen LogP) is 2.75. The van der Waals surface area contributed by atoms with E-state index < -0.39 is 5.97 Å². The zero-order valence-electron chi connectivity index (χ0n) is 17.1. The van der Waals surface area contributed by atoms with E-state index in [1.165, 1.54) is 18.2 Å². The number of benzene rings is 2. The van der Waals surface area contributed by atoms with Crippen molar-refractivity contribution in [1.82, 2.24) is 15.1 Å². The van der Waals surface area contributed by atoms with E-state index in [-0.39, 0.29) is 24.8 Å². The maximum atomic E-state index is 12.0. The van der Waals surface area contributed by atoms with Gasteiger partial charge >= 0.3 is 5.97 Å². The molecule has 0 unspecified atom stereocenters. The van der Waals surface area contributed by atoms with Crippen LogP contribution in [0, 0.1) is 0 Å². The molecule has 1 aliphatic rings. The number of carbonyl (C=O) groups is 2. The van der Waals surface area contributed by atoms with Crippen molar-refractivity contribution in [1.29, 1.82) is 0 Å². The van der Waals surface area contributed by atoms with Crippen LogP contribution in [0.2, 0.25) is 0 Å². The topological polar surface area (TPSA) is 61.9 Å². The third-order valence-corrected chi connectivity index (χ3v) is 5.59. The Morgan fingerprint density at radius 1 is 0.933 bits per heavy atom. The number of nitrogens with zero attached hydrogens (tertiary/aromatic N) is 2. The third-order valence-electron chi connectivity index (χ3n) is 5.23. The van der Waals surface area contributed by atoms with Gasteiger partial charge in [-0.3, -0.25) is 14.5 Å². The van der Waals surface area contributed by atoms with Crippen LogP contribution in [0.25, 0.3) is 0 Å². The lowest BCUT2D eigenvalue weighted by Crippen LogP contribution is -2.53. The first-order valence-electron chi connectivity index (χ1n) is 10.1. The average molecular weight is 426 g/mol. The van der Waals surface area contributed by atoms with Crippen molar-refractivity contribution in [2.45, 2.75) is 18.9 Å². The molecule has 2 aromatic carbocycles. The third kappa shape index (κ3) is 5.87. The van der Waals surface area contributed by atoms with Gasteiger partial charge in [0.05, 0.1) is 19.6 Å². The molecule has 0 aliphatic carbocycles. The molecule has 0 bridgehead atoms. The Kier molecular flexibility index (Phi) is 7.93. The first-order chi connectivity index (χ1) is 14.6. The molecule has 1 amide bonds. The number of amides is 1. The van der Waals surface area contributed by atoms with Gasteiger partial charge < -0.3 is 15.0 Å². The van der Waals surface area contributed by atoms with Gasteiger partial charge in [-0.05, 0) is 23.3 Å². The molecule has 0 spiro atoms. The lowest BCUT2D eigenvalue weighted by molar-refractivity contribution is -0.142. The first kappa shape index (κ1) is 21.9. The molecule has 158 valence electrons. The Labute approximate surface area is 182 Å². The Balaban J connectivity index is 1.59. The van der Waals surface area contributed by atoms with Crippen LogP contribution < -0.4 is 5.32 Å². The normalized spacial score (nSPS) is 14.4. The van der Waals surface area contributed by atoms with Crippen molar-refractivity contribution in [3.05, 3.63) is 71.8 Å². The lowest BCUT2D eigenvalue weighted by Gasteiger charge is -2.40. The van der Waals surface area contributed by atoms with Crippen LogP contribution in [0.1, 0.15) is 30.0 Å². The Bertz CT molecular complexity index is 813. The number of hydrogen-bond acceptors (Lipinski definition) is 5. The van der Waals surface area contributed by atoms with E-state index in [2.05, 4.69) is 63.5 Å². The highest BCUT2D eigenvalue weighted by Gasteiger charge is 2.27. The van der Waals surface area contributed by atoms with E-state index in [4.69, 9.17) is 12.2 Å². The Morgan fingerprint density at radius 3 is 1.97 bits per heavy atom. The van der Waals surface area contributed by atoms with Gasteiger partial charge in [0.2, 0.25) is 5.91 Å². The highest BCUT2D eigenvalue weighted by atomic mass is 32.1. The number of piperazine rings is 1. The van der Waals surface area contributed by atoms with Crippen LogP contribution >= 0.6 is 12.2 Å². The van der Waals surface area contributed by atoms with E-state index in [1.54, 1.807) is 0 Å². The number of carbonyl (C=O) groups excluding carboxylic acids is 2. The molecule has 3 rings (SSSR count). The van der Waals surface area contributed by atoms with Gasteiger partial charge in [0.25, 0.3) is 0 Å². The summed E-state index contributed by atoms with van der Waals surface area (Å²) < 4.78 is 4.56. The van der Waals surface area contributed by atoms with E-state index in [0.29, 0.717) is 5.11 Å². The highest BCUT2D eigenvalue weighted by molar-refractivity contribution is 7.80. The van der Waals surface area contributed by atoms with Crippen molar-refractivity contribution in [2.24, 2.45) is 0 Å². The standard InChI is InChI=1S/C23H27N3O3S/c1-29-21(28)13-12-20(27)24-23(30)26-16-14-25(15-17-26)22(18-8-4-2-5-9-18)19-10-6-3-7-11-19/h2-11,22H,12-17H2,1H3,(H,24,27,30). The minimum atomic E-state index is -0.405. The van der Waals surface area contributed by atoms with Crippen LogP contribution in [0.5, 0.6) is 0 Å². The molecule has 0 radical (unpaired) electrons. The Hall–Kier alpha value is -2.77. The molecule has 2 aromatic rings. The number of esters is 1. The van der Waals surface area contributed by atoms with Crippen LogP contribution in [0.15, 0.2) is 60.7 Å². The number of ether oxygens (including phenoxy) is 1. The molecule has 6 nitrogen and oxygen atoms in total. The lowest BCUT2D eigenvalue weighted by atomic mass is 9.96. The van der Waals surface area contributed by atoms with Crippen LogP contribution in [0.4, 0.5) is 0 Å². The zero-order valence-corrected chi connectivity index (χ0v) is 17.9. The monoisotopic (exact) mass is 425 g/mol. The van der Waals surface area contributed by atoms with E-state index in [9.17, 15) is 9.59 Å². The van der Waals surface area contributed by atoms with Crippen LogP contribution in [-0.4, -0.2) is 60.1 Å². The van der Waals surface area contributed by atoms with Crippen molar-refractivity contribution in [3.8, 4) is 0 Å². The van der Waals surface area contributed by atoms with Gasteiger partial charge in [-0.2, -0.15) is 0 Å². The number of hydrogen-bond donors (Lipinski definition) is 1. The maximum Gasteiger partial charge on any atom is 0.306 e. The summed E-state index contributed by atoms with van der Waals surface area (Å²) in [7, 11) is 1.31. The summed E-state index contributed by atoms with van der Waals surface area (Å²) >= 11 is 5.41. The summed E-state index contributed by atoms with van der Waals surface area (Å²) in [6.07, 6.45) is 0.116. The molecule has 0 saturated carbocycles. The van der Waals surface area contributed by atoms with Gasteiger partial charge in [-0.25, -0.2) is 0 Å². The van der Waals surface area contributed by atoms with E-state index in [0.717, 1.165) is 26.2 Å². The summed E-state index contributed by atoms with van der Waals surface area (Å²) in [5, 5.41) is 3.15. The molecule has 0 atom stereocenters. The fraction of sp³-hybridized carbons (Fsp3) is 0.348. The van der Waals surface area contributed by atoms with Gasteiger partial charge in [0, 0.05) is 32.6 Å². The quantitative estimate of drug-likeness (QED) is 0.567. The SMILES string of the molecule is COC(=O)CCC(=O)NC(=S)N1CCN(C(c2ccccc2)c2ccccc2)CC1. The molecule has 1 saturated heterocycles.